The Balaban J connectivity index is 1.65. The summed E-state index contributed by atoms with van der Waals surface area (Å²) >= 11 is 1.52. The van der Waals surface area contributed by atoms with E-state index in [4.69, 9.17) is 0 Å². The van der Waals surface area contributed by atoms with Crippen LogP contribution in [0.15, 0.2) is 29.6 Å². The zero-order chi connectivity index (χ0) is 17.3. The highest BCUT2D eigenvalue weighted by molar-refractivity contribution is 7.10. The molecule has 2 aromatic heterocycles. The van der Waals surface area contributed by atoms with E-state index in [0.717, 1.165) is 9.44 Å². The summed E-state index contributed by atoms with van der Waals surface area (Å²) in [6, 6.07) is 6.80. The number of carbonyl (C=O) groups is 1. The number of likely N-dealkylation sites (tertiary alicyclic amines) is 1. The van der Waals surface area contributed by atoms with Crippen molar-refractivity contribution in [3.05, 3.63) is 45.9 Å². The number of alkyl halides is 2. The van der Waals surface area contributed by atoms with E-state index in [1.807, 2.05) is 17.5 Å². The molecule has 0 saturated carbocycles. The molecule has 0 spiro atoms. The maximum absolute atomic E-state index is 13.1. The number of thiophene rings is 1. The van der Waals surface area contributed by atoms with Crippen molar-refractivity contribution in [3.63, 3.8) is 0 Å². The Morgan fingerprint density at radius 3 is 2.58 bits per heavy atom. The van der Waals surface area contributed by atoms with Crippen molar-refractivity contribution in [2.45, 2.75) is 32.4 Å². The summed E-state index contributed by atoms with van der Waals surface area (Å²) in [6.45, 7) is -0.220. The first kappa shape index (κ1) is 17.1. The lowest BCUT2D eigenvalue weighted by atomic mass is 9.90. The molecule has 1 saturated heterocycles. The molecule has 0 aromatic carbocycles. The fraction of sp³-hybridized carbons (Fsp3) is 0.471. The summed E-state index contributed by atoms with van der Waals surface area (Å²) in [6.07, 6.45) is 0.813. The number of carbonyl (C=O) groups excluding carboxylic acids is 1. The molecular weight excluding hydrogens is 334 g/mol. The Kier molecular flexibility index (Phi) is 5.01. The first-order valence-corrected chi connectivity index (χ1v) is 8.83. The first-order valence-electron chi connectivity index (χ1n) is 7.95. The lowest BCUT2D eigenvalue weighted by Gasteiger charge is -2.34. The molecule has 0 bridgehead atoms. The number of halogens is 2. The number of aromatic nitrogens is 1. The van der Waals surface area contributed by atoms with Crippen LogP contribution in [0.2, 0.25) is 0 Å². The van der Waals surface area contributed by atoms with Gasteiger partial charge in [0.1, 0.15) is 5.69 Å². The molecule has 3 heterocycles. The molecule has 3 rings (SSSR count). The van der Waals surface area contributed by atoms with Gasteiger partial charge in [-0.05, 0) is 49.3 Å². The van der Waals surface area contributed by atoms with Crippen molar-refractivity contribution in [2.75, 3.05) is 13.1 Å². The van der Waals surface area contributed by atoms with Gasteiger partial charge in [-0.15, -0.1) is 11.3 Å². The lowest BCUT2D eigenvalue weighted by molar-refractivity contribution is 0.0406. The van der Waals surface area contributed by atoms with E-state index >= 15 is 0 Å². The molecule has 1 atom stereocenters. The van der Waals surface area contributed by atoms with Crippen molar-refractivity contribution >= 4 is 17.2 Å². The van der Waals surface area contributed by atoms with E-state index in [1.165, 1.54) is 23.5 Å². The Labute approximate surface area is 143 Å². The van der Waals surface area contributed by atoms with Gasteiger partial charge in [0.25, 0.3) is 5.91 Å². The third-order valence-electron chi connectivity index (χ3n) is 4.64. The average Bonchev–Trinajstić information content (AvgIpc) is 3.23. The molecule has 0 aliphatic carbocycles. The number of nitrogens with zero attached hydrogens (tertiary/aromatic N) is 2. The van der Waals surface area contributed by atoms with Crippen LogP contribution in [0.5, 0.6) is 0 Å². The van der Waals surface area contributed by atoms with Gasteiger partial charge in [0.15, 0.2) is 0 Å². The standard InChI is InChI=1S/C17H20F2N2O2S/c1-11-4-5-13(21(11)17(18)19)16(23)20-8-6-12(7-9-20)15(22)14-3-2-10-24-14/h2-5,10,12,15,17,22H,6-9H2,1H3. The average molecular weight is 354 g/mol. The SMILES string of the molecule is Cc1ccc(C(=O)N2CCC(C(O)c3cccs3)CC2)n1C(F)F. The molecule has 1 unspecified atom stereocenters. The van der Waals surface area contributed by atoms with E-state index in [0.29, 0.717) is 31.6 Å². The van der Waals surface area contributed by atoms with Crippen molar-refractivity contribution in [1.82, 2.24) is 9.47 Å². The van der Waals surface area contributed by atoms with Crippen LogP contribution in [0.4, 0.5) is 8.78 Å². The second-order valence-corrected chi connectivity index (χ2v) is 7.08. The maximum Gasteiger partial charge on any atom is 0.319 e. The Morgan fingerprint density at radius 1 is 1.29 bits per heavy atom. The van der Waals surface area contributed by atoms with Crippen LogP contribution in [0.3, 0.4) is 0 Å². The Morgan fingerprint density at radius 2 is 2.00 bits per heavy atom. The van der Waals surface area contributed by atoms with Gasteiger partial charge in [-0.2, -0.15) is 8.78 Å². The smallest absolute Gasteiger partial charge is 0.319 e. The number of hydrogen-bond donors (Lipinski definition) is 1. The van der Waals surface area contributed by atoms with Gasteiger partial charge in [0.2, 0.25) is 0 Å². The van der Waals surface area contributed by atoms with E-state index in [1.54, 1.807) is 11.8 Å². The second-order valence-electron chi connectivity index (χ2n) is 6.10. The van der Waals surface area contributed by atoms with Crippen LogP contribution >= 0.6 is 11.3 Å². The van der Waals surface area contributed by atoms with Crippen LogP contribution in [-0.4, -0.2) is 33.6 Å². The van der Waals surface area contributed by atoms with Crippen molar-refractivity contribution in [1.29, 1.82) is 0 Å². The van der Waals surface area contributed by atoms with Gasteiger partial charge < -0.3 is 10.0 Å². The predicted molar refractivity (Wildman–Crippen MR) is 88.3 cm³/mol. The van der Waals surface area contributed by atoms with Crippen LogP contribution < -0.4 is 0 Å². The monoisotopic (exact) mass is 354 g/mol. The van der Waals surface area contributed by atoms with E-state index in [2.05, 4.69) is 0 Å². The Hall–Kier alpha value is -1.73. The minimum absolute atomic E-state index is 0.0276. The molecular formula is C17H20F2N2O2S. The van der Waals surface area contributed by atoms with Gasteiger partial charge >= 0.3 is 6.55 Å². The van der Waals surface area contributed by atoms with Gasteiger partial charge in [-0.25, -0.2) is 0 Å². The summed E-state index contributed by atoms with van der Waals surface area (Å²) in [7, 11) is 0. The fourth-order valence-corrected chi connectivity index (χ4v) is 4.06. The number of piperidine rings is 1. The molecule has 24 heavy (non-hydrogen) atoms. The van der Waals surface area contributed by atoms with Crippen molar-refractivity contribution in [3.8, 4) is 0 Å². The zero-order valence-corrected chi connectivity index (χ0v) is 14.2. The minimum atomic E-state index is -2.72. The van der Waals surface area contributed by atoms with Gasteiger partial charge in [0.05, 0.1) is 6.10 Å². The molecule has 1 N–H and O–H groups in total. The second kappa shape index (κ2) is 7.03. The van der Waals surface area contributed by atoms with E-state index in [9.17, 15) is 18.7 Å². The molecule has 1 aliphatic rings. The number of amides is 1. The summed E-state index contributed by atoms with van der Waals surface area (Å²) in [5, 5.41) is 12.3. The highest BCUT2D eigenvalue weighted by Gasteiger charge is 2.31. The highest BCUT2D eigenvalue weighted by Crippen LogP contribution is 2.33. The number of rotatable bonds is 4. The minimum Gasteiger partial charge on any atom is -0.387 e. The largest absolute Gasteiger partial charge is 0.387 e. The molecule has 130 valence electrons. The number of hydrogen-bond acceptors (Lipinski definition) is 3. The number of aliphatic hydroxyl groups excluding tert-OH is 1. The van der Waals surface area contributed by atoms with E-state index < -0.39 is 12.7 Å². The third-order valence-corrected chi connectivity index (χ3v) is 5.59. The highest BCUT2D eigenvalue weighted by atomic mass is 32.1. The van der Waals surface area contributed by atoms with Gasteiger partial charge in [0, 0.05) is 23.7 Å². The Bertz CT molecular complexity index is 692. The van der Waals surface area contributed by atoms with Crippen LogP contribution in [0.1, 0.15) is 46.6 Å². The number of aryl methyl sites for hydroxylation is 1. The molecule has 4 nitrogen and oxygen atoms in total. The molecule has 2 aromatic rings. The quantitative estimate of drug-likeness (QED) is 0.907. The summed E-state index contributed by atoms with van der Waals surface area (Å²) in [5.41, 5.74) is 0.399. The normalized spacial score (nSPS) is 17.5. The molecule has 1 aliphatic heterocycles. The van der Waals surface area contributed by atoms with Crippen LogP contribution in [-0.2, 0) is 0 Å². The van der Waals surface area contributed by atoms with Crippen molar-refractivity contribution in [2.24, 2.45) is 5.92 Å². The molecule has 1 fully saturated rings. The van der Waals surface area contributed by atoms with Gasteiger partial charge in [-0.3, -0.25) is 9.36 Å². The summed E-state index contributed by atoms with van der Waals surface area (Å²) in [4.78, 5) is 15.1. The zero-order valence-electron chi connectivity index (χ0n) is 13.4. The molecule has 1 amide bonds. The fourth-order valence-electron chi connectivity index (χ4n) is 3.26. The van der Waals surface area contributed by atoms with Crippen LogP contribution in [0.25, 0.3) is 0 Å². The van der Waals surface area contributed by atoms with Crippen molar-refractivity contribution < 1.29 is 18.7 Å². The van der Waals surface area contributed by atoms with Gasteiger partial charge in [-0.1, -0.05) is 6.07 Å². The summed E-state index contributed by atoms with van der Waals surface area (Å²) < 4.78 is 27.0. The van der Waals surface area contributed by atoms with E-state index in [-0.39, 0.29) is 17.5 Å². The number of aliphatic hydroxyl groups is 1. The lowest BCUT2D eigenvalue weighted by Crippen LogP contribution is -2.40. The van der Waals surface area contributed by atoms with Crippen LogP contribution in [0, 0.1) is 12.8 Å². The maximum atomic E-state index is 13.1. The third kappa shape index (κ3) is 3.23. The molecule has 0 radical (unpaired) electrons. The summed E-state index contributed by atoms with van der Waals surface area (Å²) in [5.74, 6) is -0.274. The topological polar surface area (TPSA) is 45.5 Å². The molecule has 7 heteroatoms. The predicted octanol–water partition coefficient (Wildman–Crippen LogP) is 3.84. The first-order chi connectivity index (χ1) is 11.5.